The number of hydrogen-bond acceptors (Lipinski definition) is 1. The van der Waals surface area contributed by atoms with Crippen molar-refractivity contribution in [2.75, 3.05) is 0 Å². The minimum atomic E-state index is 0.426. The van der Waals surface area contributed by atoms with Gasteiger partial charge in [-0.25, -0.2) is 0 Å². The highest BCUT2D eigenvalue weighted by molar-refractivity contribution is 5.79. The molecule has 2 saturated carbocycles. The Kier molecular flexibility index (Phi) is 2.74. The van der Waals surface area contributed by atoms with Gasteiger partial charge in [-0.15, -0.1) is 0 Å². The molecule has 0 aromatic rings. The molecular weight excluding hydrogens is 184 g/mol. The van der Waals surface area contributed by atoms with E-state index in [1.807, 2.05) is 0 Å². The second-order valence-corrected chi connectivity index (χ2v) is 5.92. The Morgan fingerprint density at radius 1 is 1.47 bits per heavy atom. The number of carbonyl (C=O) groups is 1. The van der Waals surface area contributed by atoms with Crippen molar-refractivity contribution in [1.82, 2.24) is 0 Å². The number of carbonyl (C=O) groups excluding carboxylic acids is 1. The van der Waals surface area contributed by atoms with Crippen molar-refractivity contribution in [3.8, 4) is 0 Å². The molecule has 15 heavy (non-hydrogen) atoms. The minimum absolute atomic E-state index is 0.426. The predicted molar refractivity (Wildman–Crippen MR) is 62.6 cm³/mol. The lowest BCUT2D eigenvalue weighted by Crippen LogP contribution is -2.39. The summed E-state index contributed by atoms with van der Waals surface area (Å²) in [5.74, 6) is 1.86. The molecule has 0 heterocycles. The summed E-state index contributed by atoms with van der Waals surface area (Å²) in [5.41, 5.74) is 1.77. The molecule has 1 nitrogen and oxygen atoms in total. The molecule has 3 unspecified atom stereocenters. The quantitative estimate of drug-likeness (QED) is 0.597. The average molecular weight is 206 g/mol. The lowest BCUT2D eigenvalue weighted by molar-refractivity contribution is -0.126. The van der Waals surface area contributed by atoms with Crippen LogP contribution >= 0.6 is 0 Å². The van der Waals surface area contributed by atoms with Crippen LogP contribution < -0.4 is 0 Å². The summed E-state index contributed by atoms with van der Waals surface area (Å²) < 4.78 is 0. The van der Waals surface area contributed by atoms with Gasteiger partial charge in [0.15, 0.2) is 0 Å². The first kappa shape index (κ1) is 10.9. The molecular formula is C14H22O. The van der Waals surface area contributed by atoms with Crippen molar-refractivity contribution in [1.29, 1.82) is 0 Å². The molecule has 1 heteroatoms. The molecule has 2 aliphatic rings. The monoisotopic (exact) mass is 206 g/mol. The number of fused-ring (bicyclic) bond motifs is 1. The van der Waals surface area contributed by atoms with Gasteiger partial charge in [0.05, 0.1) is 0 Å². The van der Waals surface area contributed by atoms with Crippen molar-refractivity contribution >= 4 is 5.78 Å². The van der Waals surface area contributed by atoms with Crippen LogP contribution in [0.15, 0.2) is 12.2 Å². The zero-order valence-corrected chi connectivity index (χ0v) is 10.0. The Morgan fingerprint density at radius 2 is 2.20 bits per heavy atom. The molecule has 0 aliphatic heterocycles. The summed E-state index contributed by atoms with van der Waals surface area (Å²) in [6, 6.07) is 0. The first-order valence-corrected chi connectivity index (χ1v) is 6.18. The summed E-state index contributed by atoms with van der Waals surface area (Å²) >= 11 is 0. The smallest absolute Gasteiger partial charge is 0.133 e. The SMILES string of the molecule is C=C(C)C1CCC2CC(=O)CCC2(C)C1. The fraction of sp³-hybridized carbons (Fsp3) is 0.786. The summed E-state index contributed by atoms with van der Waals surface area (Å²) in [5, 5.41) is 0. The van der Waals surface area contributed by atoms with Gasteiger partial charge >= 0.3 is 0 Å². The molecule has 0 amide bonds. The van der Waals surface area contributed by atoms with Gasteiger partial charge in [-0.2, -0.15) is 0 Å². The average Bonchev–Trinajstić information content (AvgIpc) is 2.18. The molecule has 3 atom stereocenters. The van der Waals surface area contributed by atoms with Crippen molar-refractivity contribution in [2.45, 2.75) is 52.4 Å². The predicted octanol–water partition coefficient (Wildman–Crippen LogP) is 3.74. The molecule has 84 valence electrons. The highest BCUT2D eigenvalue weighted by atomic mass is 16.1. The van der Waals surface area contributed by atoms with E-state index < -0.39 is 0 Å². The Labute approximate surface area is 92.9 Å². The molecule has 0 radical (unpaired) electrons. The second-order valence-electron chi connectivity index (χ2n) is 5.92. The molecule has 2 rings (SSSR count). The molecule has 0 aromatic carbocycles. The van der Waals surface area contributed by atoms with Crippen molar-refractivity contribution in [3.05, 3.63) is 12.2 Å². The van der Waals surface area contributed by atoms with Crippen LogP contribution in [0.2, 0.25) is 0 Å². The molecule has 0 N–H and O–H groups in total. The van der Waals surface area contributed by atoms with Crippen molar-refractivity contribution in [3.63, 3.8) is 0 Å². The van der Waals surface area contributed by atoms with Crippen molar-refractivity contribution in [2.24, 2.45) is 17.3 Å². The minimum Gasteiger partial charge on any atom is -0.300 e. The Hall–Kier alpha value is -0.590. The molecule has 2 aliphatic carbocycles. The lowest BCUT2D eigenvalue weighted by atomic mass is 9.57. The number of rotatable bonds is 1. The highest BCUT2D eigenvalue weighted by Gasteiger charge is 2.43. The van der Waals surface area contributed by atoms with Gasteiger partial charge in [-0.1, -0.05) is 19.1 Å². The summed E-state index contributed by atoms with van der Waals surface area (Å²) in [4.78, 5) is 11.5. The molecule has 0 spiro atoms. The maximum absolute atomic E-state index is 11.5. The number of hydrogen-bond donors (Lipinski definition) is 0. The van der Waals surface area contributed by atoms with Crippen LogP contribution in [0.3, 0.4) is 0 Å². The lowest BCUT2D eigenvalue weighted by Gasteiger charge is -2.47. The highest BCUT2D eigenvalue weighted by Crippen LogP contribution is 2.52. The first-order valence-electron chi connectivity index (χ1n) is 6.18. The van der Waals surface area contributed by atoms with Gasteiger partial charge < -0.3 is 0 Å². The molecule has 0 aromatic heterocycles. The van der Waals surface area contributed by atoms with Gasteiger partial charge in [0.25, 0.3) is 0 Å². The van der Waals surface area contributed by atoms with Gasteiger partial charge in [0.1, 0.15) is 5.78 Å². The molecule has 2 fully saturated rings. The van der Waals surface area contributed by atoms with Gasteiger partial charge in [-0.05, 0) is 49.9 Å². The van der Waals surface area contributed by atoms with Crippen LogP contribution in [-0.4, -0.2) is 5.78 Å². The van der Waals surface area contributed by atoms with E-state index in [0.29, 0.717) is 23.0 Å². The van der Waals surface area contributed by atoms with Crippen LogP contribution in [-0.2, 0) is 4.79 Å². The largest absolute Gasteiger partial charge is 0.300 e. The third-order valence-electron chi connectivity index (χ3n) is 4.71. The second kappa shape index (κ2) is 3.77. The van der Waals surface area contributed by atoms with E-state index >= 15 is 0 Å². The van der Waals surface area contributed by atoms with Gasteiger partial charge in [0, 0.05) is 12.8 Å². The first-order chi connectivity index (χ1) is 7.01. The zero-order chi connectivity index (χ0) is 11.1. The van der Waals surface area contributed by atoms with Crippen LogP contribution in [0, 0.1) is 17.3 Å². The normalized spacial score (nSPS) is 41.1. The van der Waals surface area contributed by atoms with Crippen LogP contribution in [0.5, 0.6) is 0 Å². The summed E-state index contributed by atoms with van der Waals surface area (Å²) in [6.45, 7) is 8.64. The molecule has 0 bridgehead atoms. The maximum Gasteiger partial charge on any atom is 0.133 e. The summed E-state index contributed by atoms with van der Waals surface area (Å²) in [7, 11) is 0. The Morgan fingerprint density at radius 3 is 2.87 bits per heavy atom. The fourth-order valence-electron chi connectivity index (χ4n) is 3.46. The van der Waals surface area contributed by atoms with E-state index in [2.05, 4.69) is 20.4 Å². The standard InChI is InChI=1S/C14H22O/c1-10(2)11-4-5-12-8-13(15)6-7-14(12,3)9-11/h11-12H,1,4-9H2,2-3H3. The topological polar surface area (TPSA) is 17.1 Å². The van der Waals surface area contributed by atoms with Crippen LogP contribution in [0.1, 0.15) is 52.4 Å². The summed E-state index contributed by atoms with van der Waals surface area (Å²) in [6.07, 6.45) is 6.53. The number of ketones is 1. The van der Waals surface area contributed by atoms with E-state index in [9.17, 15) is 4.79 Å². The third-order valence-corrected chi connectivity index (χ3v) is 4.71. The van der Waals surface area contributed by atoms with E-state index in [4.69, 9.17) is 0 Å². The molecule has 0 saturated heterocycles. The number of Topliss-reactive ketones (excluding diaryl/α,β-unsaturated/α-hetero) is 1. The zero-order valence-electron chi connectivity index (χ0n) is 10.0. The van der Waals surface area contributed by atoms with E-state index in [0.717, 1.165) is 19.3 Å². The third kappa shape index (κ3) is 2.02. The van der Waals surface area contributed by atoms with E-state index in [1.54, 1.807) is 0 Å². The number of allylic oxidation sites excluding steroid dienone is 1. The van der Waals surface area contributed by atoms with E-state index in [-0.39, 0.29) is 0 Å². The van der Waals surface area contributed by atoms with Crippen LogP contribution in [0.4, 0.5) is 0 Å². The van der Waals surface area contributed by atoms with E-state index in [1.165, 1.54) is 24.8 Å². The Bertz CT molecular complexity index is 292. The maximum atomic E-state index is 11.5. The fourth-order valence-corrected chi connectivity index (χ4v) is 3.46. The van der Waals surface area contributed by atoms with Gasteiger partial charge in [0.2, 0.25) is 0 Å². The Balaban J connectivity index is 2.10. The van der Waals surface area contributed by atoms with Gasteiger partial charge in [-0.3, -0.25) is 4.79 Å². The van der Waals surface area contributed by atoms with Crippen molar-refractivity contribution < 1.29 is 4.79 Å². The van der Waals surface area contributed by atoms with Crippen LogP contribution in [0.25, 0.3) is 0 Å².